The number of rotatable bonds is 3. The summed E-state index contributed by atoms with van der Waals surface area (Å²) in [5.74, 6) is -0.313. The minimum atomic E-state index is -0.925. The van der Waals surface area contributed by atoms with Crippen molar-refractivity contribution in [1.82, 2.24) is 35.4 Å². The van der Waals surface area contributed by atoms with Gasteiger partial charge in [-0.25, -0.2) is 13.6 Å². The Kier molecular flexibility index (Phi) is 8.20. The predicted octanol–water partition coefficient (Wildman–Crippen LogP) is 4.83. The summed E-state index contributed by atoms with van der Waals surface area (Å²) < 4.78 is 49.3. The van der Waals surface area contributed by atoms with Crippen LogP contribution < -0.4 is 15.0 Å². The molecular formula is C33H37ClF2N8O4. The summed E-state index contributed by atoms with van der Waals surface area (Å²) in [5, 5.41) is 11.9. The van der Waals surface area contributed by atoms with Crippen LogP contribution in [0.25, 0.3) is 33.1 Å². The molecule has 0 aliphatic carbocycles. The zero-order valence-corrected chi connectivity index (χ0v) is 27.4. The molecule has 5 aliphatic rings. The second-order valence-electron chi connectivity index (χ2n) is 13.4. The Morgan fingerprint density at radius 2 is 2.08 bits per heavy atom. The number of carbonyl (C=O) groups is 1. The highest BCUT2D eigenvalue weighted by Crippen LogP contribution is 2.42. The lowest BCUT2D eigenvalue weighted by atomic mass is 9.95. The molecule has 9 rings (SSSR count). The Bertz CT molecular complexity index is 1880. The van der Waals surface area contributed by atoms with E-state index in [0.717, 1.165) is 19.4 Å². The van der Waals surface area contributed by atoms with E-state index in [2.05, 4.69) is 30.4 Å². The van der Waals surface area contributed by atoms with E-state index in [9.17, 15) is 9.18 Å². The fourth-order valence-electron chi connectivity index (χ4n) is 7.84. The van der Waals surface area contributed by atoms with Gasteiger partial charge >= 0.3 is 12.2 Å². The number of anilines is 1. The molecule has 0 unspecified atom stereocenters. The molecule has 0 saturated carbocycles. The van der Waals surface area contributed by atoms with Gasteiger partial charge in [-0.1, -0.05) is 18.5 Å². The molecule has 1 aromatic carbocycles. The summed E-state index contributed by atoms with van der Waals surface area (Å²) in [6.45, 7) is 5.45. The molecule has 4 atom stereocenters. The van der Waals surface area contributed by atoms with Gasteiger partial charge in [-0.2, -0.15) is 15.1 Å². The van der Waals surface area contributed by atoms with Gasteiger partial charge in [0.15, 0.2) is 5.82 Å². The van der Waals surface area contributed by atoms with Crippen molar-refractivity contribution in [1.29, 1.82) is 0 Å². The summed E-state index contributed by atoms with van der Waals surface area (Å²) in [6, 6.07) is 1.73. The number of nitrogens with zero attached hydrogens (tertiary/aromatic N) is 6. The molecule has 2 N–H and O–H groups in total. The standard InChI is InChI=1S/C33H37ClF2N8O4/c1-18-12-37-6-8-43-16-25(18)48-32(45)46-9-2-4-20-23(34)10-24-21(14-39-42-24)26(20)29-27(36)28-22(13-38-29)30(43)41-31(40-28)47-17-33-5-3-7-44(33)15-19(35)11-33/h10,13-14,18-19,25,37H,2-9,11-12,15-17H2,1H3,(H,39,42)/t18-,19+,25+,33-/m0/s1. The van der Waals surface area contributed by atoms with Gasteiger partial charge in [0.2, 0.25) is 0 Å². The van der Waals surface area contributed by atoms with Gasteiger partial charge in [0, 0.05) is 60.7 Å². The van der Waals surface area contributed by atoms with Gasteiger partial charge in [0.1, 0.15) is 35.9 Å². The fraction of sp³-hybridized carbons (Fsp3) is 0.545. The number of hydrogen-bond donors (Lipinski definition) is 2. The number of pyridine rings is 1. The van der Waals surface area contributed by atoms with Gasteiger partial charge in [-0.05, 0) is 43.9 Å². The Hall–Kier alpha value is -3.88. The highest BCUT2D eigenvalue weighted by atomic mass is 35.5. The van der Waals surface area contributed by atoms with Crippen molar-refractivity contribution in [2.75, 3.05) is 57.4 Å². The van der Waals surface area contributed by atoms with Crippen LogP contribution in [-0.2, 0) is 15.9 Å². The SMILES string of the molecule is C[C@H]1CNCCN2C[C@H]1OC(=O)OCCCc1c(Cl)cc3[nH]ncc3c1-c1ncc3c2nc(OC[C@@]24CCCN2C[C@H](F)C4)nc3c1F. The molecule has 0 spiro atoms. The van der Waals surface area contributed by atoms with E-state index in [1.54, 1.807) is 18.5 Å². The van der Waals surface area contributed by atoms with E-state index in [1.807, 2.05) is 11.8 Å². The minimum absolute atomic E-state index is 0.0158. The van der Waals surface area contributed by atoms with Crippen molar-refractivity contribution >= 4 is 45.4 Å². The van der Waals surface area contributed by atoms with Crippen molar-refractivity contribution in [2.45, 2.75) is 56.8 Å². The van der Waals surface area contributed by atoms with Crippen LogP contribution in [0.2, 0.25) is 5.02 Å². The molecule has 3 saturated heterocycles. The van der Waals surface area contributed by atoms with Crippen LogP contribution in [-0.4, -0.2) is 107 Å². The third-order valence-corrected chi connectivity index (χ3v) is 10.6. The zero-order valence-electron chi connectivity index (χ0n) is 26.6. The Morgan fingerprint density at radius 1 is 1.19 bits per heavy atom. The van der Waals surface area contributed by atoms with Crippen molar-refractivity contribution in [3.05, 3.63) is 34.9 Å². The highest BCUT2D eigenvalue weighted by molar-refractivity contribution is 6.33. The second kappa shape index (κ2) is 12.5. The summed E-state index contributed by atoms with van der Waals surface area (Å²) in [4.78, 5) is 31.2. The average Bonchev–Trinajstić information content (AvgIpc) is 3.76. The Balaban J connectivity index is 1.30. The monoisotopic (exact) mass is 682 g/mol. The summed E-state index contributed by atoms with van der Waals surface area (Å²) >= 11 is 6.79. The smallest absolute Gasteiger partial charge is 0.461 e. The first-order valence-electron chi connectivity index (χ1n) is 16.6. The molecule has 6 bridgehead atoms. The third-order valence-electron chi connectivity index (χ3n) is 10.3. The van der Waals surface area contributed by atoms with Crippen LogP contribution in [0.15, 0.2) is 18.5 Å². The summed E-state index contributed by atoms with van der Waals surface area (Å²) in [6.07, 6.45) is 3.88. The number of carbonyl (C=O) groups excluding carboxylic acids is 1. The maximum atomic E-state index is 17.1. The van der Waals surface area contributed by atoms with E-state index in [0.29, 0.717) is 83.7 Å². The summed E-state index contributed by atoms with van der Waals surface area (Å²) in [5.41, 5.74) is 1.39. The molecule has 8 heterocycles. The first-order chi connectivity index (χ1) is 23.3. The number of fused-ring (bicyclic) bond motifs is 8. The predicted molar refractivity (Wildman–Crippen MR) is 175 cm³/mol. The first-order valence-corrected chi connectivity index (χ1v) is 17.0. The lowest BCUT2D eigenvalue weighted by Crippen LogP contribution is -2.48. The van der Waals surface area contributed by atoms with E-state index >= 15 is 4.39 Å². The average molecular weight is 683 g/mol. The molecule has 5 aliphatic heterocycles. The van der Waals surface area contributed by atoms with Crippen LogP contribution in [0, 0.1) is 11.7 Å². The van der Waals surface area contributed by atoms with Gasteiger partial charge in [-0.3, -0.25) is 15.0 Å². The number of hydrogen-bond acceptors (Lipinski definition) is 11. The quantitative estimate of drug-likeness (QED) is 0.288. The topological polar surface area (TPSA) is 131 Å². The molecule has 3 aromatic heterocycles. The Morgan fingerprint density at radius 3 is 2.98 bits per heavy atom. The Labute approximate surface area is 280 Å². The van der Waals surface area contributed by atoms with Crippen molar-refractivity contribution in [2.24, 2.45) is 5.92 Å². The van der Waals surface area contributed by atoms with Crippen molar-refractivity contribution in [3.8, 4) is 17.3 Å². The maximum Gasteiger partial charge on any atom is 0.508 e. The van der Waals surface area contributed by atoms with Crippen molar-refractivity contribution in [3.63, 3.8) is 0 Å². The largest absolute Gasteiger partial charge is 0.508 e. The van der Waals surface area contributed by atoms with Crippen LogP contribution in [0.4, 0.5) is 19.4 Å². The van der Waals surface area contributed by atoms with Crippen LogP contribution in [0.5, 0.6) is 6.01 Å². The van der Waals surface area contributed by atoms with Crippen LogP contribution >= 0.6 is 11.6 Å². The van der Waals surface area contributed by atoms with E-state index in [1.165, 1.54) is 0 Å². The maximum absolute atomic E-state index is 17.1. The number of nitrogens with one attached hydrogen (secondary N) is 2. The molecule has 12 nitrogen and oxygen atoms in total. The lowest BCUT2D eigenvalue weighted by molar-refractivity contribution is 0.00626. The van der Waals surface area contributed by atoms with Crippen LogP contribution in [0.3, 0.4) is 0 Å². The first kappa shape index (κ1) is 31.4. The fourth-order valence-corrected chi connectivity index (χ4v) is 8.13. The molecule has 254 valence electrons. The highest BCUT2D eigenvalue weighted by Gasteiger charge is 2.49. The van der Waals surface area contributed by atoms with E-state index in [4.69, 9.17) is 30.8 Å². The van der Waals surface area contributed by atoms with Crippen LogP contribution in [0.1, 0.15) is 38.2 Å². The normalized spacial score (nSPS) is 26.7. The second-order valence-corrected chi connectivity index (χ2v) is 13.8. The summed E-state index contributed by atoms with van der Waals surface area (Å²) in [7, 11) is 0. The molecule has 0 amide bonds. The number of halogens is 3. The molecule has 15 heteroatoms. The lowest BCUT2D eigenvalue weighted by Gasteiger charge is -2.34. The number of H-pyrrole nitrogens is 1. The zero-order chi connectivity index (χ0) is 33.0. The molecule has 4 aromatic rings. The van der Waals surface area contributed by atoms with E-state index < -0.39 is 29.8 Å². The van der Waals surface area contributed by atoms with Gasteiger partial charge in [0.05, 0.1) is 35.8 Å². The van der Waals surface area contributed by atoms with Gasteiger partial charge in [-0.15, -0.1) is 0 Å². The van der Waals surface area contributed by atoms with Gasteiger partial charge in [0.25, 0.3) is 0 Å². The third kappa shape index (κ3) is 5.57. The number of aromatic nitrogens is 5. The number of ether oxygens (including phenoxy) is 3. The van der Waals surface area contributed by atoms with E-state index in [-0.39, 0.29) is 42.9 Å². The number of aromatic amines is 1. The number of alkyl halides is 1. The molecule has 3 fully saturated rings. The molecule has 48 heavy (non-hydrogen) atoms. The molecule has 0 radical (unpaired) electrons. The minimum Gasteiger partial charge on any atom is -0.461 e. The van der Waals surface area contributed by atoms with Crippen molar-refractivity contribution < 1.29 is 27.8 Å². The number of benzene rings is 1. The van der Waals surface area contributed by atoms with Gasteiger partial charge < -0.3 is 24.4 Å². The molecular weight excluding hydrogens is 646 g/mol.